The number of nitrogens with zero attached hydrogens (tertiary/aromatic N) is 1. The Morgan fingerprint density at radius 3 is 1.68 bits per heavy atom. The molecule has 0 aliphatic carbocycles. The van der Waals surface area contributed by atoms with E-state index >= 15 is 0 Å². The zero-order valence-electron chi connectivity index (χ0n) is 18.6. The van der Waals surface area contributed by atoms with E-state index in [4.69, 9.17) is 0 Å². The molecule has 1 nitrogen and oxygen atoms in total. The number of hydrogen-bond donors (Lipinski definition) is 0. The molecule has 1 aliphatic heterocycles. The molecular formula is C23H49NSn. The van der Waals surface area contributed by atoms with Gasteiger partial charge in [-0.25, -0.2) is 0 Å². The van der Waals surface area contributed by atoms with Crippen molar-refractivity contribution in [1.29, 1.82) is 0 Å². The summed E-state index contributed by atoms with van der Waals surface area (Å²) >= 11 is -2.13. The summed E-state index contributed by atoms with van der Waals surface area (Å²) in [5, 5.41) is 0. The number of unbranched alkanes of at least 4 members (excludes halogenated alkanes) is 5. The molecule has 0 aromatic heterocycles. The number of likely N-dealkylation sites (tertiary alicyclic amines) is 1. The van der Waals surface area contributed by atoms with E-state index in [1.165, 1.54) is 77.3 Å². The Kier molecular flexibility index (Phi) is 11.7. The first-order valence-electron chi connectivity index (χ1n) is 11.7. The monoisotopic (exact) mass is 459 g/mol. The van der Waals surface area contributed by atoms with Crippen LogP contribution in [0.4, 0.5) is 0 Å². The van der Waals surface area contributed by atoms with Crippen LogP contribution in [0.3, 0.4) is 0 Å². The van der Waals surface area contributed by atoms with Gasteiger partial charge in [-0.05, 0) is 0 Å². The molecule has 150 valence electrons. The van der Waals surface area contributed by atoms with Crippen LogP contribution in [0.25, 0.3) is 0 Å². The molecule has 0 amide bonds. The van der Waals surface area contributed by atoms with E-state index in [9.17, 15) is 0 Å². The molecule has 25 heavy (non-hydrogen) atoms. The minimum atomic E-state index is -2.13. The summed E-state index contributed by atoms with van der Waals surface area (Å²) in [4.78, 5) is 3.03. The van der Waals surface area contributed by atoms with Gasteiger partial charge in [-0.2, -0.15) is 0 Å². The minimum absolute atomic E-state index is 0.559. The Balaban J connectivity index is 3.02. The van der Waals surface area contributed by atoms with E-state index in [1.54, 1.807) is 13.3 Å². The first kappa shape index (κ1) is 23.8. The topological polar surface area (TPSA) is 3.24 Å². The van der Waals surface area contributed by atoms with Crippen LogP contribution in [-0.2, 0) is 0 Å². The van der Waals surface area contributed by atoms with Gasteiger partial charge in [-0.1, -0.05) is 0 Å². The molecule has 0 aromatic rings. The third-order valence-electron chi connectivity index (χ3n) is 6.66. The first-order valence-corrected chi connectivity index (χ1v) is 19.4. The van der Waals surface area contributed by atoms with E-state index in [-0.39, 0.29) is 0 Å². The molecule has 0 aromatic carbocycles. The Labute approximate surface area is 164 Å². The van der Waals surface area contributed by atoms with Gasteiger partial charge in [-0.3, -0.25) is 0 Å². The van der Waals surface area contributed by atoms with Gasteiger partial charge in [0.05, 0.1) is 0 Å². The molecule has 1 rings (SSSR count). The van der Waals surface area contributed by atoms with Crippen LogP contribution in [0.1, 0.15) is 106 Å². The normalized spacial score (nSPS) is 21.1. The summed E-state index contributed by atoms with van der Waals surface area (Å²) in [6.07, 6.45) is 14.5. The van der Waals surface area contributed by atoms with Gasteiger partial charge in [-0.15, -0.1) is 0 Å². The van der Waals surface area contributed by atoms with Crippen molar-refractivity contribution in [3.05, 3.63) is 0 Å². The maximum absolute atomic E-state index is 3.03. The molecule has 0 bridgehead atoms. The quantitative estimate of drug-likeness (QED) is 0.191. The molecule has 1 atom stereocenters. The molecule has 0 N–H and O–H groups in total. The van der Waals surface area contributed by atoms with Crippen molar-refractivity contribution in [1.82, 2.24) is 4.90 Å². The second-order valence-corrected chi connectivity index (χ2v) is 23.7. The Morgan fingerprint density at radius 2 is 1.24 bits per heavy atom. The fourth-order valence-electron chi connectivity index (χ4n) is 5.24. The Hall–Kier alpha value is 0.759. The van der Waals surface area contributed by atoms with Crippen molar-refractivity contribution >= 4 is 18.4 Å². The molecular weight excluding hydrogens is 409 g/mol. The van der Waals surface area contributed by atoms with Gasteiger partial charge in [0.1, 0.15) is 0 Å². The van der Waals surface area contributed by atoms with Crippen LogP contribution in [0, 0.1) is 5.41 Å². The van der Waals surface area contributed by atoms with Gasteiger partial charge in [0.15, 0.2) is 0 Å². The van der Waals surface area contributed by atoms with E-state index in [0.717, 1.165) is 4.06 Å². The SMILES string of the molecule is CCCCCN1CC(C)(C)C[C@H]1[Sn]([CH2]CCC)([CH2]CCC)[CH2]CCC. The van der Waals surface area contributed by atoms with E-state index in [1.807, 2.05) is 0 Å². The average Bonchev–Trinajstić information content (AvgIpc) is 2.90. The Morgan fingerprint density at radius 1 is 0.760 bits per heavy atom. The summed E-state index contributed by atoms with van der Waals surface area (Å²) in [6.45, 7) is 17.5. The fraction of sp³-hybridized carbons (Fsp3) is 1.00. The van der Waals surface area contributed by atoms with Gasteiger partial charge in [0.2, 0.25) is 0 Å². The molecule has 0 unspecified atom stereocenters. The molecule has 1 saturated heterocycles. The van der Waals surface area contributed by atoms with Crippen LogP contribution in [0.5, 0.6) is 0 Å². The molecule has 0 spiro atoms. The van der Waals surface area contributed by atoms with Crippen molar-refractivity contribution in [3.8, 4) is 0 Å². The van der Waals surface area contributed by atoms with Gasteiger partial charge in [0, 0.05) is 0 Å². The summed E-state index contributed by atoms with van der Waals surface area (Å²) in [5.74, 6) is 0. The predicted molar refractivity (Wildman–Crippen MR) is 118 cm³/mol. The van der Waals surface area contributed by atoms with Gasteiger partial charge >= 0.3 is 165 Å². The second-order valence-electron chi connectivity index (χ2n) is 9.73. The molecule has 1 heterocycles. The second kappa shape index (κ2) is 12.3. The number of hydrogen-bond acceptors (Lipinski definition) is 1. The summed E-state index contributed by atoms with van der Waals surface area (Å²) in [7, 11) is 0. The van der Waals surface area contributed by atoms with Crippen molar-refractivity contribution in [2.75, 3.05) is 13.1 Å². The van der Waals surface area contributed by atoms with Crippen LogP contribution < -0.4 is 0 Å². The third-order valence-corrected chi connectivity index (χ3v) is 23.9. The molecule has 1 fully saturated rings. The summed E-state index contributed by atoms with van der Waals surface area (Å²) in [5.41, 5.74) is 0.559. The van der Waals surface area contributed by atoms with Crippen molar-refractivity contribution in [3.63, 3.8) is 0 Å². The van der Waals surface area contributed by atoms with E-state index in [2.05, 4.69) is 46.4 Å². The first-order chi connectivity index (χ1) is 11.9. The Bertz CT molecular complexity index is 317. The van der Waals surface area contributed by atoms with Gasteiger partial charge < -0.3 is 0 Å². The zero-order chi connectivity index (χ0) is 18.8. The molecule has 0 radical (unpaired) electrons. The van der Waals surface area contributed by atoms with Crippen LogP contribution in [0.2, 0.25) is 13.3 Å². The zero-order valence-corrected chi connectivity index (χ0v) is 21.5. The standard InChI is InChI=1S/C11H22N.3C4H9.Sn/c1-4-5-6-8-12-9-7-11(2,3)10-12;3*1-3-4-2;/h9H,4-8,10H2,1-3H3;3*1,3-4H2,2H3;. The summed E-state index contributed by atoms with van der Waals surface area (Å²) in [6, 6.07) is 0. The third kappa shape index (κ3) is 7.72. The van der Waals surface area contributed by atoms with Crippen molar-refractivity contribution < 1.29 is 0 Å². The van der Waals surface area contributed by atoms with Crippen molar-refractivity contribution in [2.45, 2.75) is 123 Å². The van der Waals surface area contributed by atoms with Crippen LogP contribution in [-0.4, -0.2) is 40.4 Å². The van der Waals surface area contributed by atoms with E-state index < -0.39 is 18.4 Å². The average molecular weight is 458 g/mol. The summed E-state index contributed by atoms with van der Waals surface area (Å²) < 4.78 is 6.08. The fourth-order valence-corrected chi connectivity index (χ4v) is 24.9. The molecule has 0 saturated carbocycles. The predicted octanol–water partition coefficient (Wildman–Crippen LogP) is 7.67. The number of rotatable bonds is 14. The molecule has 1 aliphatic rings. The van der Waals surface area contributed by atoms with Crippen molar-refractivity contribution in [2.24, 2.45) is 5.41 Å². The van der Waals surface area contributed by atoms with Crippen LogP contribution >= 0.6 is 0 Å². The van der Waals surface area contributed by atoms with Gasteiger partial charge in [0.25, 0.3) is 0 Å². The van der Waals surface area contributed by atoms with Crippen LogP contribution in [0.15, 0.2) is 0 Å². The maximum atomic E-state index is 3.03. The molecule has 2 heteroatoms. The van der Waals surface area contributed by atoms with E-state index in [0.29, 0.717) is 5.41 Å².